The van der Waals surface area contributed by atoms with Crippen LogP contribution in [0.4, 0.5) is 0 Å². The van der Waals surface area contributed by atoms with Gasteiger partial charge < -0.3 is 5.73 Å². The Kier molecular flexibility index (Phi) is 6.15. The van der Waals surface area contributed by atoms with Crippen LogP contribution in [-0.4, -0.2) is 41.1 Å². The molecule has 2 rings (SSSR count). The van der Waals surface area contributed by atoms with Gasteiger partial charge in [0, 0.05) is 29.6 Å². The SMILES string of the molecule is CC(CC(CN)N1CCSC(C)(C)CC1)c1ccccc1. The summed E-state index contributed by atoms with van der Waals surface area (Å²) in [5, 5.41) is 0. The van der Waals surface area contributed by atoms with Crippen molar-refractivity contribution in [3.8, 4) is 0 Å². The van der Waals surface area contributed by atoms with E-state index in [-0.39, 0.29) is 0 Å². The summed E-state index contributed by atoms with van der Waals surface area (Å²) in [5.41, 5.74) is 7.53. The predicted octanol–water partition coefficient (Wildman–Crippen LogP) is 3.73. The molecule has 1 aliphatic rings. The van der Waals surface area contributed by atoms with E-state index in [0.717, 1.165) is 13.0 Å². The molecule has 2 N–H and O–H groups in total. The Morgan fingerprint density at radius 1 is 1.24 bits per heavy atom. The van der Waals surface area contributed by atoms with Crippen LogP contribution in [-0.2, 0) is 0 Å². The van der Waals surface area contributed by atoms with E-state index in [4.69, 9.17) is 5.73 Å². The van der Waals surface area contributed by atoms with Gasteiger partial charge >= 0.3 is 0 Å². The van der Waals surface area contributed by atoms with Crippen LogP contribution in [0.5, 0.6) is 0 Å². The molecule has 0 radical (unpaired) electrons. The second kappa shape index (κ2) is 7.66. The van der Waals surface area contributed by atoms with Gasteiger partial charge in [0.25, 0.3) is 0 Å². The Bertz CT molecular complexity index is 418. The predicted molar refractivity (Wildman–Crippen MR) is 95.0 cm³/mol. The molecule has 1 aliphatic heterocycles. The number of benzene rings is 1. The molecule has 0 aromatic heterocycles. The maximum Gasteiger partial charge on any atom is 0.0224 e. The smallest absolute Gasteiger partial charge is 0.0224 e. The zero-order valence-corrected chi connectivity index (χ0v) is 14.5. The molecule has 1 aromatic rings. The van der Waals surface area contributed by atoms with Gasteiger partial charge in [-0.25, -0.2) is 0 Å². The molecule has 1 saturated heterocycles. The summed E-state index contributed by atoms with van der Waals surface area (Å²) in [4.78, 5) is 2.63. The van der Waals surface area contributed by atoms with Crippen molar-refractivity contribution in [3.05, 3.63) is 35.9 Å². The summed E-state index contributed by atoms with van der Waals surface area (Å²) in [6.07, 6.45) is 2.42. The first-order chi connectivity index (χ1) is 10.0. The monoisotopic (exact) mass is 306 g/mol. The zero-order valence-electron chi connectivity index (χ0n) is 13.7. The minimum absolute atomic E-state index is 0.416. The van der Waals surface area contributed by atoms with Crippen molar-refractivity contribution in [2.45, 2.75) is 50.3 Å². The number of hydrogen-bond acceptors (Lipinski definition) is 3. The molecule has 21 heavy (non-hydrogen) atoms. The highest BCUT2D eigenvalue weighted by Crippen LogP contribution is 2.32. The van der Waals surface area contributed by atoms with Gasteiger partial charge in [-0.15, -0.1) is 0 Å². The van der Waals surface area contributed by atoms with Crippen LogP contribution in [0.15, 0.2) is 30.3 Å². The fraction of sp³-hybridized carbons (Fsp3) is 0.667. The van der Waals surface area contributed by atoms with Crippen molar-refractivity contribution in [1.82, 2.24) is 4.90 Å². The third kappa shape index (κ3) is 5.01. The van der Waals surface area contributed by atoms with E-state index >= 15 is 0 Å². The minimum atomic E-state index is 0.416. The number of thioether (sulfide) groups is 1. The topological polar surface area (TPSA) is 29.3 Å². The second-order valence-electron chi connectivity index (χ2n) is 6.83. The molecule has 0 amide bonds. The molecule has 2 atom stereocenters. The third-order valence-electron chi connectivity index (χ3n) is 4.66. The molecular formula is C18H30N2S. The lowest BCUT2D eigenvalue weighted by Crippen LogP contribution is -2.43. The number of nitrogens with zero attached hydrogens (tertiary/aromatic N) is 1. The summed E-state index contributed by atoms with van der Waals surface area (Å²) >= 11 is 2.11. The first kappa shape index (κ1) is 16.9. The summed E-state index contributed by atoms with van der Waals surface area (Å²) in [5.74, 6) is 1.80. The first-order valence-electron chi connectivity index (χ1n) is 8.15. The number of rotatable bonds is 5. The number of nitrogens with two attached hydrogens (primary N) is 1. The molecule has 0 aliphatic carbocycles. The van der Waals surface area contributed by atoms with Gasteiger partial charge in [0.05, 0.1) is 0 Å². The normalized spacial score (nSPS) is 22.5. The molecule has 1 heterocycles. The van der Waals surface area contributed by atoms with Gasteiger partial charge in [-0.3, -0.25) is 4.90 Å². The van der Waals surface area contributed by atoms with Gasteiger partial charge in [-0.2, -0.15) is 11.8 Å². The van der Waals surface area contributed by atoms with Gasteiger partial charge in [-0.05, 0) is 30.9 Å². The Morgan fingerprint density at radius 2 is 1.95 bits per heavy atom. The van der Waals surface area contributed by atoms with E-state index < -0.39 is 0 Å². The van der Waals surface area contributed by atoms with Crippen molar-refractivity contribution in [3.63, 3.8) is 0 Å². The van der Waals surface area contributed by atoms with Crippen LogP contribution in [0.3, 0.4) is 0 Å². The van der Waals surface area contributed by atoms with Crippen molar-refractivity contribution < 1.29 is 0 Å². The summed E-state index contributed by atoms with van der Waals surface area (Å²) < 4.78 is 0.416. The molecule has 0 spiro atoms. The van der Waals surface area contributed by atoms with Crippen molar-refractivity contribution in [1.29, 1.82) is 0 Å². The molecule has 1 fully saturated rings. The molecule has 0 bridgehead atoms. The van der Waals surface area contributed by atoms with Crippen LogP contribution in [0, 0.1) is 0 Å². The lowest BCUT2D eigenvalue weighted by molar-refractivity contribution is 0.192. The fourth-order valence-corrected chi connectivity index (χ4v) is 4.24. The van der Waals surface area contributed by atoms with Crippen LogP contribution >= 0.6 is 11.8 Å². The molecule has 118 valence electrons. The maximum atomic E-state index is 6.10. The Hall–Kier alpha value is -0.510. The van der Waals surface area contributed by atoms with Gasteiger partial charge in [0.15, 0.2) is 0 Å². The van der Waals surface area contributed by atoms with Crippen molar-refractivity contribution in [2.24, 2.45) is 5.73 Å². The largest absolute Gasteiger partial charge is 0.329 e. The maximum absolute atomic E-state index is 6.10. The average molecular weight is 307 g/mol. The van der Waals surface area contributed by atoms with Crippen LogP contribution in [0.1, 0.15) is 45.1 Å². The highest BCUT2D eigenvalue weighted by atomic mass is 32.2. The van der Waals surface area contributed by atoms with E-state index in [2.05, 4.69) is 67.8 Å². The first-order valence-corrected chi connectivity index (χ1v) is 9.13. The molecule has 0 saturated carbocycles. The minimum Gasteiger partial charge on any atom is -0.329 e. The molecule has 2 nitrogen and oxygen atoms in total. The second-order valence-corrected chi connectivity index (χ2v) is 8.63. The molecule has 2 unspecified atom stereocenters. The summed E-state index contributed by atoms with van der Waals surface area (Å²) in [6.45, 7) is 10.2. The van der Waals surface area contributed by atoms with E-state index in [0.29, 0.717) is 16.7 Å². The highest BCUT2D eigenvalue weighted by Gasteiger charge is 2.27. The van der Waals surface area contributed by atoms with Crippen LogP contribution in [0.25, 0.3) is 0 Å². The summed E-state index contributed by atoms with van der Waals surface area (Å²) in [7, 11) is 0. The van der Waals surface area contributed by atoms with Crippen molar-refractivity contribution >= 4 is 11.8 Å². The standard InChI is InChI=1S/C18H30N2S/c1-15(16-7-5-4-6-8-16)13-17(14-19)20-10-9-18(2,3)21-12-11-20/h4-8,15,17H,9-14,19H2,1-3H3. The fourth-order valence-electron chi connectivity index (χ4n) is 3.12. The zero-order chi connectivity index (χ0) is 15.3. The van der Waals surface area contributed by atoms with Gasteiger partial charge in [0.1, 0.15) is 0 Å². The van der Waals surface area contributed by atoms with E-state index in [1.54, 1.807) is 0 Å². The average Bonchev–Trinajstić information content (AvgIpc) is 2.66. The summed E-state index contributed by atoms with van der Waals surface area (Å²) in [6, 6.07) is 11.3. The van der Waals surface area contributed by atoms with Gasteiger partial charge in [0.2, 0.25) is 0 Å². The van der Waals surface area contributed by atoms with Crippen molar-refractivity contribution in [2.75, 3.05) is 25.4 Å². The highest BCUT2D eigenvalue weighted by molar-refractivity contribution is 8.00. The van der Waals surface area contributed by atoms with Gasteiger partial charge in [-0.1, -0.05) is 51.1 Å². The lowest BCUT2D eigenvalue weighted by atomic mass is 9.93. The molecule has 1 aromatic carbocycles. The molecular weight excluding hydrogens is 276 g/mol. The quantitative estimate of drug-likeness (QED) is 0.899. The Morgan fingerprint density at radius 3 is 2.62 bits per heavy atom. The van der Waals surface area contributed by atoms with E-state index in [9.17, 15) is 0 Å². The van der Waals surface area contributed by atoms with E-state index in [1.807, 2.05) is 0 Å². The Labute approximate surface area is 134 Å². The van der Waals surface area contributed by atoms with Crippen LogP contribution in [0.2, 0.25) is 0 Å². The molecule has 3 heteroatoms. The third-order valence-corrected chi connectivity index (χ3v) is 6.03. The lowest BCUT2D eigenvalue weighted by Gasteiger charge is -2.32. The van der Waals surface area contributed by atoms with Crippen LogP contribution < -0.4 is 5.73 Å². The van der Waals surface area contributed by atoms with E-state index in [1.165, 1.54) is 30.8 Å². The number of hydrogen-bond donors (Lipinski definition) is 1. The Balaban J connectivity index is 1.96.